The van der Waals surface area contributed by atoms with E-state index in [9.17, 15) is 4.79 Å². The highest BCUT2D eigenvalue weighted by molar-refractivity contribution is 5.79. The normalized spacial score (nSPS) is 38.7. The minimum absolute atomic E-state index is 0.178. The first-order valence-corrected chi connectivity index (χ1v) is 9.23. The van der Waals surface area contributed by atoms with Crippen LogP contribution < -0.4 is 5.73 Å². The number of amides is 1. The summed E-state index contributed by atoms with van der Waals surface area (Å²) in [6.07, 6.45) is 12.4. The Kier molecular flexibility index (Phi) is 4.88. The molecule has 3 aliphatic rings. The molecule has 5 unspecified atom stereocenters. The molecule has 2 N–H and O–H groups in total. The Bertz CT molecular complexity index is 368. The standard InChI is InChI=1S/C18H32N2O/c1-13(15-7-4-9-16(19)12-15)18(21)20-11-5-8-14-6-2-3-10-17(14)20/h13-17H,2-12,19H2,1H3. The Hall–Kier alpha value is -0.570. The number of fused-ring (bicyclic) bond motifs is 1. The summed E-state index contributed by atoms with van der Waals surface area (Å²) in [5.41, 5.74) is 6.12. The summed E-state index contributed by atoms with van der Waals surface area (Å²) in [7, 11) is 0. The van der Waals surface area contributed by atoms with Gasteiger partial charge in [-0.15, -0.1) is 0 Å². The molecule has 1 aliphatic heterocycles. The molecule has 0 radical (unpaired) electrons. The van der Waals surface area contributed by atoms with E-state index in [2.05, 4.69) is 11.8 Å². The van der Waals surface area contributed by atoms with E-state index in [1.165, 1.54) is 51.4 Å². The fraction of sp³-hybridized carbons (Fsp3) is 0.944. The third-order valence-electron chi connectivity index (χ3n) is 6.38. The molecule has 1 amide bonds. The molecule has 0 aromatic heterocycles. The molecule has 3 nitrogen and oxygen atoms in total. The van der Waals surface area contributed by atoms with Crippen LogP contribution in [0.15, 0.2) is 0 Å². The molecule has 0 aromatic carbocycles. The van der Waals surface area contributed by atoms with Crippen molar-refractivity contribution in [2.24, 2.45) is 23.5 Å². The van der Waals surface area contributed by atoms with Crippen LogP contribution in [0.3, 0.4) is 0 Å². The number of carbonyl (C=O) groups is 1. The van der Waals surface area contributed by atoms with E-state index in [0.29, 0.717) is 23.9 Å². The van der Waals surface area contributed by atoms with Gasteiger partial charge < -0.3 is 10.6 Å². The maximum absolute atomic E-state index is 13.0. The molecule has 0 aromatic rings. The van der Waals surface area contributed by atoms with Crippen LogP contribution in [0, 0.1) is 17.8 Å². The second-order valence-electron chi connectivity index (χ2n) is 7.76. The van der Waals surface area contributed by atoms with Crippen molar-refractivity contribution in [1.82, 2.24) is 4.90 Å². The summed E-state index contributed by atoms with van der Waals surface area (Å²) in [5.74, 6) is 1.92. The van der Waals surface area contributed by atoms with Crippen LogP contribution in [0.1, 0.15) is 71.1 Å². The maximum Gasteiger partial charge on any atom is 0.225 e. The Morgan fingerprint density at radius 2 is 1.81 bits per heavy atom. The van der Waals surface area contributed by atoms with E-state index < -0.39 is 0 Å². The van der Waals surface area contributed by atoms with Crippen LogP contribution in [-0.4, -0.2) is 29.4 Å². The van der Waals surface area contributed by atoms with Gasteiger partial charge in [0.2, 0.25) is 5.91 Å². The lowest BCUT2D eigenvalue weighted by atomic mass is 9.75. The monoisotopic (exact) mass is 292 g/mol. The molecule has 120 valence electrons. The summed E-state index contributed by atoms with van der Waals surface area (Å²) in [6, 6.07) is 0.877. The molecule has 3 rings (SSSR count). The van der Waals surface area contributed by atoms with Crippen LogP contribution in [0.4, 0.5) is 0 Å². The molecule has 2 aliphatic carbocycles. The van der Waals surface area contributed by atoms with E-state index in [1.807, 2.05) is 0 Å². The zero-order chi connectivity index (χ0) is 14.8. The van der Waals surface area contributed by atoms with Gasteiger partial charge in [-0.1, -0.05) is 26.2 Å². The lowest BCUT2D eigenvalue weighted by Crippen LogP contribution is -2.52. The number of hydrogen-bond acceptors (Lipinski definition) is 2. The number of likely N-dealkylation sites (tertiary alicyclic amines) is 1. The fourth-order valence-electron chi connectivity index (χ4n) is 5.08. The summed E-state index contributed by atoms with van der Waals surface area (Å²) in [6.45, 7) is 3.17. The maximum atomic E-state index is 13.0. The number of hydrogen-bond donors (Lipinski definition) is 1. The number of rotatable bonds is 2. The Morgan fingerprint density at radius 1 is 1.05 bits per heavy atom. The second kappa shape index (κ2) is 6.68. The van der Waals surface area contributed by atoms with Gasteiger partial charge in [0.05, 0.1) is 0 Å². The lowest BCUT2D eigenvalue weighted by molar-refractivity contribution is -0.143. The van der Waals surface area contributed by atoms with E-state index in [4.69, 9.17) is 5.73 Å². The van der Waals surface area contributed by atoms with Crippen molar-refractivity contribution in [3.05, 3.63) is 0 Å². The molecular formula is C18H32N2O. The third kappa shape index (κ3) is 3.28. The molecule has 3 heteroatoms. The number of nitrogens with two attached hydrogens (primary N) is 1. The van der Waals surface area contributed by atoms with Gasteiger partial charge >= 0.3 is 0 Å². The lowest BCUT2D eigenvalue weighted by Gasteiger charge is -2.46. The van der Waals surface area contributed by atoms with E-state index >= 15 is 0 Å². The smallest absolute Gasteiger partial charge is 0.225 e. The van der Waals surface area contributed by atoms with Crippen LogP contribution in [0.2, 0.25) is 0 Å². The molecule has 1 saturated heterocycles. The van der Waals surface area contributed by atoms with Crippen LogP contribution >= 0.6 is 0 Å². The summed E-state index contributed by atoms with van der Waals surface area (Å²) in [4.78, 5) is 15.3. The predicted molar refractivity (Wildman–Crippen MR) is 85.8 cm³/mol. The van der Waals surface area contributed by atoms with Gasteiger partial charge in [0, 0.05) is 24.5 Å². The van der Waals surface area contributed by atoms with Crippen molar-refractivity contribution >= 4 is 5.91 Å². The minimum Gasteiger partial charge on any atom is -0.339 e. The first kappa shape index (κ1) is 15.3. The van der Waals surface area contributed by atoms with Gasteiger partial charge in [-0.2, -0.15) is 0 Å². The Balaban J connectivity index is 1.65. The van der Waals surface area contributed by atoms with Gasteiger partial charge in [0.25, 0.3) is 0 Å². The molecule has 2 saturated carbocycles. The van der Waals surface area contributed by atoms with Crippen LogP contribution in [-0.2, 0) is 4.79 Å². The quantitative estimate of drug-likeness (QED) is 0.848. The highest BCUT2D eigenvalue weighted by Gasteiger charge is 2.39. The largest absolute Gasteiger partial charge is 0.339 e. The van der Waals surface area contributed by atoms with Crippen molar-refractivity contribution in [3.63, 3.8) is 0 Å². The van der Waals surface area contributed by atoms with Gasteiger partial charge in [-0.3, -0.25) is 4.79 Å². The highest BCUT2D eigenvalue weighted by Crippen LogP contribution is 2.37. The highest BCUT2D eigenvalue weighted by atomic mass is 16.2. The molecule has 1 heterocycles. The average molecular weight is 292 g/mol. The Labute approximate surface area is 129 Å². The predicted octanol–water partition coefficient (Wildman–Crippen LogP) is 3.32. The molecule has 21 heavy (non-hydrogen) atoms. The second-order valence-corrected chi connectivity index (χ2v) is 7.76. The molecular weight excluding hydrogens is 260 g/mol. The van der Waals surface area contributed by atoms with Crippen LogP contribution in [0.5, 0.6) is 0 Å². The minimum atomic E-state index is 0.178. The molecule has 5 atom stereocenters. The van der Waals surface area contributed by atoms with Gasteiger partial charge in [-0.05, 0) is 56.8 Å². The van der Waals surface area contributed by atoms with Gasteiger partial charge in [0.1, 0.15) is 0 Å². The van der Waals surface area contributed by atoms with Crippen molar-refractivity contribution in [2.75, 3.05) is 6.54 Å². The first-order valence-electron chi connectivity index (χ1n) is 9.23. The topological polar surface area (TPSA) is 46.3 Å². The summed E-state index contributed by atoms with van der Waals surface area (Å²) in [5, 5.41) is 0. The first-order chi connectivity index (χ1) is 10.2. The van der Waals surface area contributed by atoms with Crippen molar-refractivity contribution in [1.29, 1.82) is 0 Å². The number of carbonyl (C=O) groups excluding carboxylic acids is 1. The Morgan fingerprint density at radius 3 is 2.62 bits per heavy atom. The summed E-state index contributed by atoms with van der Waals surface area (Å²) < 4.78 is 0. The molecule has 0 spiro atoms. The van der Waals surface area contributed by atoms with Gasteiger partial charge in [-0.25, -0.2) is 0 Å². The number of nitrogens with zero attached hydrogens (tertiary/aromatic N) is 1. The van der Waals surface area contributed by atoms with Crippen molar-refractivity contribution in [2.45, 2.75) is 83.2 Å². The van der Waals surface area contributed by atoms with Gasteiger partial charge in [0.15, 0.2) is 0 Å². The zero-order valence-corrected chi connectivity index (χ0v) is 13.6. The fourth-order valence-corrected chi connectivity index (χ4v) is 5.08. The van der Waals surface area contributed by atoms with Crippen LogP contribution in [0.25, 0.3) is 0 Å². The molecule has 0 bridgehead atoms. The average Bonchev–Trinajstić information content (AvgIpc) is 2.53. The van der Waals surface area contributed by atoms with Crippen molar-refractivity contribution in [3.8, 4) is 0 Å². The SMILES string of the molecule is CC(C(=O)N1CCCC2CCCCC21)C1CCCC(N)C1. The summed E-state index contributed by atoms with van der Waals surface area (Å²) >= 11 is 0. The zero-order valence-electron chi connectivity index (χ0n) is 13.6. The third-order valence-corrected chi connectivity index (χ3v) is 6.38. The molecule has 3 fully saturated rings. The number of piperidine rings is 1. The van der Waals surface area contributed by atoms with E-state index in [-0.39, 0.29) is 5.92 Å². The van der Waals surface area contributed by atoms with Crippen molar-refractivity contribution < 1.29 is 4.79 Å². The van der Waals surface area contributed by atoms with E-state index in [0.717, 1.165) is 25.3 Å². The van der Waals surface area contributed by atoms with E-state index in [1.54, 1.807) is 0 Å².